The maximum atomic E-state index is 9.17. The van der Waals surface area contributed by atoms with E-state index in [1.807, 2.05) is 31.2 Å². The van der Waals surface area contributed by atoms with E-state index in [4.69, 9.17) is 9.84 Å². The van der Waals surface area contributed by atoms with Crippen LogP contribution >= 0.6 is 0 Å². The Morgan fingerprint density at radius 1 is 1.31 bits per heavy atom. The van der Waals surface area contributed by atoms with Crippen molar-refractivity contribution < 1.29 is 9.84 Å². The minimum absolute atomic E-state index is 0.204. The number of methoxy groups -OCH3 is 1. The predicted molar refractivity (Wildman–Crippen MR) is 67.2 cm³/mol. The zero-order valence-corrected chi connectivity index (χ0v) is 10.3. The number of nitrogens with zero attached hydrogens (tertiary/aromatic N) is 1. The summed E-state index contributed by atoms with van der Waals surface area (Å²) in [6, 6.07) is 8.00. The lowest BCUT2D eigenvalue weighted by molar-refractivity contribution is 0.182. The lowest BCUT2D eigenvalue weighted by Crippen LogP contribution is -2.19. The van der Waals surface area contributed by atoms with Crippen LogP contribution in [0.2, 0.25) is 0 Å². The van der Waals surface area contributed by atoms with Crippen LogP contribution < -0.4 is 9.64 Å². The molecule has 0 bridgehead atoms. The van der Waals surface area contributed by atoms with Crippen LogP contribution in [0, 0.1) is 0 Å². The number of benzene rings is 1. The minimum Gasteiger partial charge on any atom is -0.497 e. The molecule has 0 amide bonds. The molecule has 0 aromatic heterocycles. The van der Waals surface area contributed by atoms with E-state index in [-0.39, 0.29) is 6.10 Å². The van der Waals surface area contributed by atoms with Crippen molar-refractivity contribution >= 4 is 5.69 Å². The molecular weight excluding hydrogens is 202 g/mol. The van der Waals surface area contributed by atoms with Gasteiger partial charge in [-0.1, -0.05) is 0 Å². The number of hydrogen-bond acceptors (Lipinski definition) is 3. The second-order valence-electron chi connectivity index (χ2n) is 4.11. The number of aliphatic hydroxyl groups excluding tert-OH is 1. The van der Waals surface area contributed by atoms with Gasteiger partial charge in [-0.3, -0.25) is 0 Å². The van der Waals surface area contributed by atoms with Crippen molar-refractivity contribution in [1.82, 2.24) is 0 Å². The quantitative estimate of drug-likeness (QED) is 0.803. The standard InChI is InChI=1S/C13H21NO2/c1-11(15)5-4-10-14(2)12-6-8-13(16-3)9-7-12/h6-9,11,15H,4-5,10H2,1-3H3. The molecule has 0 saturated carbocycles. The van der Waals surface area contributed by atoms with Crippen molar-refractivity contribution in [2.24, 2.45) is 0 Å². The zero-order valence-electron chi connectivity index (χ0n) is 10.3. The molecule has 0 saturated heterocycles. The Hall–Kier alpha value is -1.22. The first kappa shape index (κ1) is 12.8. The lowest BCUT2D eigenvalue weighted by atomic mass is 10.2. The van der Waals surface area contributed by atoms with E-state index in [9.17, 15) is 0 Å². The van der Waals surface area contributed by atoms with Crippen molar-refractivity contribution in [3.8, 4) is 5.75 Å². The Labute approximate surface area is 97.7 Å². The molecule has 0 radical (unpaired) electrons. The number of anilines is 1. The SMILES string of the molecule is COc1ccc(N(C)CCCC(C)O)cc1. The van der Waals surface area contributed by atoms with Crippen LogP contribution in [0.1, 0.15) is 19.8 Å². The summed E-state index contributed by atoms with van der Waals surface area (Å²) < 4.78 is 5.11. The van der Waals surface area contributed by atoms with Crippen molar-refractivity contribution in [3.63, 3.8) is 0 Å². The molecule has 1 aromatic carbocycles. The third kappa shape index (κ3) is 4.11. The van der Waals surface area contributed by atoms with Gasteiger partial charge in [-0.2, -0.15) is 0 Å². The zero-order chi connectivity index (χ0) is 12.0. The molecule has 90 valence electrons. The van der Waals surface area contributed by atoms with E-state index in [0.717, 1.165) is 25.1 Å². The van der Waals surface area contributed by atoms with Gasteiger partial charge in [-0.15, -0.1) is 0 Å². The summed E-state index contributed by atoms with van der Waals surface area (Å²) in [5, 5.41) is 9.17. The van der Waals surface area contributed by atoms with E-state index in [1.165, 1.54) is 5.69 Å². The third-order valence-electron chi connectivity index (χ3n) is 2.63. The Morgan fingerprint density at radius 3 is 2.44 bits per heavy atom. The maximum Gasteiger partial charge on any atom is 0.119 e. The molecule has 0 aliphatic carbocycles. The number of hydrogen-bond donors (Lipinski definition) is 1. The molecular formula is C13H21NO2. The molecule has 0 fully saturated rings. The van der Waals surface area contributed by atoms with Gasteiger partial charge in [0.2, 0.25) is 0 Å². The van der Waals surface area contributed by atoms with Gasteiger partial charge in [0.05, 0.1) is 13.2 Å². The van der Waals surface area contributed by atoms with Crippen molar-refractivity contribution in [2.75, 3.05) is 25.6 Å². The molecule has 1 N–H and O–H groups in total. The monoisotopic (exact) mass is 223 g/mol. The van der Waals surface area contributed by atoms with Gasteiger partial charge in [0.25, 0.3) is 0 Å². The average Bonchev–Trinajstić information content (AvgIpc) is 2.28. The van der Waals surface area contributed by atoms with Crippen LogP contribution in [-0.4, -0.2) is 31.9 Å². The number of ether oxygens (including phenoxy) is 1. The Kier molecular flexibility index (Phi) is 5.12. The van der Waals surface area contributed by atoms with Crippen molar-refractivity contribution in [1.29, 1.82) is 0 Å². The lowest BCUT2D eigenvalue weighted by Gasteiger charge is -2.19. The van der Waals surface area contributed by atoms with Crippen LogP contribution in [0.5, 0.6) is 5.75 Å². The second kappa shape index (κ2) is 6.38. The van der Waals surface area contributed by atoms with Crippen LogP contribution in [0.4, 0.5) is 5.69 Å². The summed E-state index contributed by atoms with van der Waals surface area (Å²) in [5.74, 6) is 0.876. The summed E-state index contributed by atoms with van der Waals surface area (Å²) in [6.07, 6.45) is 1.64. The van der Waals surface area contributed by atoms with Crippen molar-refractivity contribution in [2.45, 2.75) is 25.9 Å². The highest BCUT2D eigenvalue weighted by atomic mass is 16.5. The van der Waals surface area contributed by atoms with Crippen molar-refractivity contribution in [3.05, 3.63) is 24.3 Å². The van der Waals surface area contributed by atoms with Gasteiger partial charge >= 0.3 is 0 Å². The molecule has 1 unspecified atom stereocenters. The normalized spacial score (nSPS) is 12.2. The van der Waals surface area contributed by atoms with Gasteiger partial charge in [0.15, 0.2) is 0 Å². The molecule has 0 aliphatic heterocycles. The minimum atomic E-state index is -0.204. The number of rotatable bonds is 6. The van der Waals surface area contributed by atoms with Gasteiger partial charge in [-0.25, -0.2) is 0 Å². The Bertz CT molecular complexity index is 295. The van der Waals surface area contributed by atoms with E-state index in [2.05, 4.69) is 11.9 Å². The summed E-state index contributed by atoms with van der Waals surface area (Å²) >= 11 is 0. The summed E-state index contributed by atoms with van der Waals surface area (Å²) in [4.78, 5) is 2.18. The number of aliphatic hydroxyl groups is 1. The molecule has 1 rings (SSSR count). The second-order valence-corrected chi connectivity index (χ2v) is 4.11. The van der Waals surface area contributed by atoms with Gasteiger partial charge in [0, 0.05) is 19.3 Å². The molecule has 1 aromatic rings. The van der Waals surface area contributed by atoms with E-state index < -0.39 is 0 Å². The van der Waals surface area contributed by atoms with Crippen LogP contribution in [-0.2, 0) is 0 Å². The van der Waals surface area contributed by atoms with E-state index in [0.29, 0.717) is 0 Å². The first-order valence-corrected chi connectivity index (χ1v) is 5.66. The van der Waals surface area contributed by atoms with E-state index >= 15 is 0 Å². The predicted octanol–water partition coefficient (Wildman–Crippen LogP) is 2.29. The highest BCUT2D eigenvalue weighted by Crippen LogP contribution is 2.18. The fourth-order valence-corrected chi connectivity index (χ4v) is 1.59. The molecule has 3 nitrogen and oxygen atoms in total. The van der Waals surface area contributed by atoms with E-state index in [1.54, 1.807) is 7.11 Å². The summed E-state index contributed by atoms with van der Waals surface area (Å²) in [6.45, 7) is 2.78. The van der Waals surface area contributed by atoms with Gasteiger partial charge < -0.3 is 14.7 Å². The molecule has 0 spiro atoms. The Morgan fingerprint density at radius 2 is 1.94 bits per heavy atom. The Balaban J connectivity index is 2.43. The van der Waals surface area contributed by atoms with Gasteiger partial charge in [0.1, 0.15) is 5.75 Å². The fourth-order valence-electron chi connectivity index (χ4n) is 1.59. The molecule has 0 aliphatic rings. The first-order chi connectivity index (χ1) is 7.63. The van der Waals surface area contributed by atoms with Crippen LogP contribution in [0.3, 0.4) is 0 Å². The van der Waals surface area contributed by atoms with Gasteiger partial charge in [-0.05, 0) is 44.0 Å². The fraction of sp³-hybridized carbons (Fsp3) is 0.538. The highest BCUT2D eigenvalue weighted by molar-refractivity contribution is 5.48. The molecule has 3 heteroatoms. The van der Waals surface area contributed by atoms with Crippen LogP contribution in [0.15, 0.2) is 24.3 Å². The van der Waals surface area contributed by atoms with Crippen LogP contribution in [0.25, 0.3) is 0 Å². The topological polar surface area (TPSA) is 32.7 Å². The summed E-state index contributed by atoms with van der Waals surface area (Å²) in [7, 11) is 3.73. The molecule has 0 heterocycles. The first-order valence-electron chi connectivity index (χ1n) is 5.66. The summed E-state index contributed by atoms with van der Waals surface area (Å²) in [5.41, 5.74) is 1.17. The molecule has 1 atom stereocenters. The third-order valence-corrected chi connectivity index (χ3v) is 2.63. The molecule has 16 heavy (non-hydrogen) atoms. The average molecular weight is 223 g/mol. The smallest absolute Gasteiger partial charge is 0.119 e. The maximum absolute atomic E-state index is 9.17. The largest absolute Gasteiger partial charge is 0.497 e. The highest BCUT2D eigenvalue weighted by Gasteiger charge is 2.02.